The number of carbonyl (C=O) groups is 2. The SMILES string of the molecule is COC(=O)c1c(S(=O)(=O)Nc2cccc(C)c2)sc2c1CCN(C(=O)Cc1cccc(C)c1)C2. The number of anilines is 1. The molecular weight excluding hydrogens is 472 g/mol. The summed E-state index contributed by atoms with van der Waals surface area (Å²) >= 11 is 1.02. The van der Waals surface area contributed by atoms with Crippen LogP contribution in [0.25, 0.3) is 0 Å². The van der Waals surface area contributed by atoms with Gasteiger partial charge in [0.25, 0.3) is 10.0 Å². The van der Waals surface area contributed by atoms with Crippen LogP contribution in [-0.2, 0) is 38.9 Å². The topological polar surface area (TPSA) is 92.8 Å². The Bertz CT molecular complexity index is 1360. The molecule has 4 rings (SSSR count). The first-order chi connectivity index (χ1) is 16.2. The number of fused-ring (bicyclic) bond motifs is 1. The van der Waals surface area contributed by atoms with E-state index >= 15 is 0 Å². The van der Waals surface area contributed by atoms with Crippen LogP contribution in [0.1, 0.15) is 37.5 Å². The van der Waals surface area contributed by atoms with E-state index in [1.165, 1.54) is 7.11 Å². The minimum absolute atomic E-state index is 0.0356. The number of methoxy groups -OCH3 is 1. The molecule has 1 N–H and O–H groups in total. The van der Waals surface area contributed by atoms with Gasteiger partial charge in [0.15, 0.2) is 4.21 Å². The van der Waals surface area contributed by atoms with Crippen molar-refractivity contribution in [3.8, 4) is 0 Å². The molecule has 2 heterocycles. The molecule has 3 aromatic rings. The Labute approximate surface area is 203 Å². The third-order valence-corrected chi connectivity index (χ3v) is 8.84. The lowest BCUT2D eigenvalue weighted by Crippen LogP contribution is -2.36. The number of thiophene rings is 1. The molecule has 0 spiro atoms. The fourth-order valence-electron chi connectivity index (χ4n) is 4.11. The Morgan fingerprint density at radius 3 is 2.47 bits per heavy atom. The van der Waals surface area contributed by atoms with E-state index in [-0.39, 0.29) is 28.6 Å². The molecule has 0 atom stereocenters. The van der Waals surface area contributed by atoms with Crippen LogP contribution in [0.2, 0.25) is 0 Å². The smallest absolute Gasteiger partial charge is 0.340 e. The van der Waals surface area contributed by atoms with Crippen LogP contribution in [0.5, 0.6) is 0 Å². The van der Waals surface area contributed by atoms with Gasteiger partial charge in [-0.3, -0.25) is 9.52 Å². The average molecular weight is 499 g/mol. The number of sulfonamides is 1. The highest BCUT2D eigenvalue weighted by molar-refractivity contribution is 7.94. The molecule has 0 fully saturated rings. The maximum atomic E-state index is 13.3. The number of rotatable bonds is 6. The molecule has 0 radical (unpaired) electrons. The molecule has 0 unspecified atom stereocenters. The molecule has 0 saturated carbocycles. The quantitative estimate of drug-likeness (QED) is 0.517. The van der Waals surface area contributed by atoms with Crippen molar-refractivity contribution in [2.75, 3.05) is 18.4 Å². The van der Waals surface area contributed by atoms with Crippen molar-refractivity contribution in [2.24, 2.45) is 0 Å². The van der Waals surface area contributed by atoms with Gasteiger partial charge in [0.1, 0.15) is 0 Å². The number of ether oxygens (including phenoxy) is 1. The van der Waals surface area contributed by atoms with Crippen molar-refractivity contribution in [1.82, 2.24) is 4.90 Å². The number of hydrogen-bond donors (Lipinski definition) is 1. The van der Waals surface area contributed by atoms with Crippen LogP contribution in [0.3, 0.4) is 0 Å². The third-order valence-electron chi connectivity index (χ3n) is 5.72. The van der Waals surface area contributed by atoms with Crippen LogP contribution in [-0.4, -0.2) is 38.8 Å². The molecule has 34 heavy (non-hydrogen) atoms. The van der Waals surface area contributed by atoms with Crippen LogP contribution in [0.4, 0.5) is 5.69 Å². The van der Waals surface area contributed by atoms with Gasteiger partial charge in [0.05, 0.1) is 25.6 Å². The molecule has 1 amide bonds. The minimum atomic E-state index is -4.04. The summed E-state index contributed by atoms with van der Waals surface area (Å²) in [4.78, 5) is 28.0. The highest BCUT2D eigenvalue weighted by Crippen LogP contribution is 2.37. The number of carbonyl (C=O) groups excluding carboxylic acids is 2. The molecule has 1 aromatic heterocycles. The number of esters is 1. The molecule has 1 aliphatic heterocycles. The van der Waals surface area contributed by atoms with E-state index in [9.17, 15) is 18.0 Å². The Morgan fingerprint density at radius 2 is 1.79 bits per heavy atom. The summed E-state index contributed by atoms with van der Waals surface area (Å²) in [6.45, 7) is 4.51. The van der Waals surface area contributed by atoms with E-state index in [1.807, 2.05) is 44.2 Å². The maximum Gasteiger partial charge on any atom is 0.340 e. The Balaban J connectivity index is 1.63. The summed E-state index contributed by atoms with van der Waals surface area (Å²) in [7, 11) is -2.80. The van der Waals surface area contributed by atoms with Gasteiger partial charge in [-0.2, -0.15) is 0 Å². The molecule has 0 bridgehead atoms. The van der Waals surface area contributed by atoms with E-state index in [0.29, 0.717) is 29.1 Å². The molecule has 9 heteroatoms. The van der Waals surface area contributed by atoms with Gasteiger partial charge in [0.2, 0.25) is 5.91 Å². The van der Waals surface area contributed by atoms with Gasteiger partial charge in [-0.05, 0) is 49.1 Å². The van der Waals surface area contributed by atoms with E-state index in [0.717, 1.165) is 28.0 Å². The summed E-state index contributed by atoms with van der Waals surface area (Å²) in [5.74, 6) is -0.729. The second-order valence-corrected chi connectivity index (χ2v) is 11.3. The second kappa shape index (κ2) is 9.60. The first kappa shape index (κ1) is 24.0. The molecule has 7 nitrogen and oxygen atoms in total. The Kier molecular flexibility index (Phi) is 6.77. The van der Waals surface area contributed by atoms with Gasteiger partial charge in [-0.1, -0.05) is 42.0 Å². The third kappa shape index (κ3) is 5.00. The number of nitrogens with zero attached hydrogens (tertiary/aromatic N) is 1. The number of benzene rings is 2. The van der Waals surface area contributed by atoms with Gasteiger partial charge < -0.3 is 9.64 Å². The second-order valence-electron chi connectivity index (χ2n) is 8.36. The zero-order valence-electron chi connectivity index (χ0n) is 19.3. The highest BCUT2D eigenvalue weighted by Gasteiger charge is 2.35. The Hall–Kier alpha value is -3.17. The monoisotopic (exact) mass is 498 g/mol. The number of aryl methyl sites for hydroxylation is 2. The first-order valence-corrected chi connectivity index (χ1v) is 13.1. The van der Waals surface area contributed by atoms with Gasteiger partial charge >= 0.3 is 5.97 Å². The summed E-state index contributed by atoms with van der Waals surface area (Å²) in [6.07, 6.45) is 0.655. The summed E-state index contributed by atoms with van der Waals surface area (Å²) in [5, 5.41) is 0. The number of amides is 1. The normalized spacial score (nSPS) is 13.3. The van der Waals surface area contributed by atoms with E-state index in [4.69, 9.17) is 4.74 Å². The van der Waals surface area contributed by atoms with Crippen molar-refractivity contribution in [2.45, 2.75) is 37.4 Å². The van der Waals surface area contributed by atoms with Gasteiger partial charge in [-0.15, -0.1) is 11.3 Å². The van der Waals surface area contributed by atoms with Crippen molar-refractivity contribution in [3.05, 3.63) is 81.2 Å². The van der Waals surface area contributed by atoms with Crippen molar-refractivity contribution >= 4 is 38.9 Å². The van der Waals surface area contributed by atoms with Crippen LogP contribution in [0, 0.1) is 13.8 Å². The minimum Gasteiger partial charge on any atom is -0.465 e. The Morgan fingerprint density at radius 1 is 1.09 bits per heavy atom. The van der Waals surface area contributed by atoms with Gasteiger partial charge in [0, 0.05) is 17.1 Å². The predicted octanol–water partition coefficient (Wildman–Crippen LogP) is 4.08. The van der Waals surface area contributed by atoms with E-state index in [2.05, 4.69) is 4.72 Å². The van der Waals surface area contributed by atoms with E-state index < -0.39 is 16.0 Å². The molecule has 2 aromatic carbocycles. The average Bonchev–Trinajstić information content (AvgIpc) is 3.18. The van der Waals surface area contributed by atoms with Gasteiger partial charge in [-0.25, -0.2) is 13.2 Å². The lowest BCUT2D eigenvalue weighted by Gasteiger charge is -2.27. The number of nitrogens with one attached hydrogen (secondary N) is 1. The van der Waals surface area contributed by atoms with E-state index in [1.54, 1.807) is 23.1 Å². The summed E-state index contributed by atoms with van der Waals surface area (Å²) in [6, 6.07) is 14.8. The fourth-order valence-corrected chi connectivity index (χ4v) is 7.06. The largest absolute Gasteiger partial charge is 0.465 e. The summed E-state index contributed by atoms with van der Waals surface area (Å²) < 4.78 is 34.0. The van der Waals surface area contributed by atoms with Crippen molar-refractivity contribution in [1.29, 1.82) is 0 Å². The van der Waals surface area contributed by atoms with Crippen LogP contribution < -0.4 is 4.72 Å². The standard InChI is InChI=1S/C25H26N2O5S2/c1-16-6-4-8-18(12-16)14-22(28)27-11-10-20-21(15-27)33-25(23(20)24(29)32-3)34(30,31)26-19-9-5-7-17(2)13-19/h4-9,12-13,26H,10-11,14-15H2,1-3H3. The molecular formula is C25H26N2O5S2. The zero-order chi connectivity index (χ0) is 24.5. The predicted molar refractivity (Wildman–Crippen MR) is 132 cm³/mol. The highest BCUT2D eigenvalue weighted by atomic mass is 32.2. The molecule has 0 aliphatic carbocycles. The van der Waals surface area contributed by atoms with Crippen LogP contribution in [0.15, 0.2) is 52.7 Å². The van der Waals surface area contributed by atoms with Crippen molar-refractivity contribution in [3.63, 3.8) is 0 Å². The fraction of sp³-hybridized carbons (Fsp3) is 0.280. The summed E-state index contributed by atoms with van der Waals surface area (Å²) in [5.41, 5.74) is 4.04. The zero-order valence-corrected chi connectivity index (χ0v) is 20.9. The first-order valence-electron chi connectivity index (χ1n) is 10.8. The molecule has 178 valence electrons. The molecule has 1 aliphatic rings. The molecule has 0 saturated heterocycles. The van der Waals surface area contributed by atoms with Crippen molar-refractivity contribution < 1.29 is 22.7 Å². The maximum absolute atomic E-state index is 13.3. The number of hydrogen-bond acceptors (Lipinski definition) is 6. The lowest BCUT2D eigenvalue weighted by atomic mass is 10.0. The van der Waals surface area contributed by atoms with Crippen LogP contribution >= 0.6 is 11.3 Å². The lowest BCUT2D eigenvalue weighted by molar-refractivity contribution is -0.131.